The smallest absolute Gasteiger partial charge is 0.410 e. The van der Waals surface area contributed by atoms with Gasteiger partial charge in [0.15, 0.2) is 0 Å². The zero-order chi connectivity index (χ0) is 15.6. The van der Waals surface area contributed by atoms with E-state index in [-0.39, 0.29) is 12.0 Å². The van der Waals surface area contributed by atoms with Gasteiger partial charge >= 0.3 is 6.09 Å². The number of amides is 2. The minimum atomic E-state index is -0.506. The molecule has 2 fully saturated rings. The highest BCUT2D eigenvalue weighted by Gasteiger charge is 2.47. The van der Waals surface area contributed by atoms with Gasteiger partial charge in [0, 0.05) is 32.4 Å². The molecule has 0 aliphatic carbocycles. The Morgan fingerprint density at radius 3 is 3.00 bits per heavy atom. The van der Waals surface area contributed by atoms with Crippen molar-refractivity contribution in [1.82, 2.24) is 14.8 Å². The molecular formula is C16H21N3O3. The summed E-state index contributed by atoms with van der Waals surface area (Å²) in [7, 11) is 1.74. The first-order valence-corrected chi connectivity index (χ1v) is 7.69. The van der Waals surface area contributed by atoms with Gasteiger partial charge in [-0.2, -0.15) is 0 Å². The third-order valence-corrected chi connectivity index (χ3v) is 4.38. The fraction of sp³-hybridized carbons (Fsp3) is 0.562. The van der Waals surface area contributed by atoms with Crippen molar-refractivity contribution in [3.05, 3.63) is 30.1 Å². The number of ether oxygens (including phenoxy) is 1. The molecule has 1 unspecified atom stereocenters. The normalized spacial score (nSPS) is 24.7. The number of carbonyl (C=O) groups is 2. The van der Waals surface area contributed by atoms with Crippen molar-refractivity contribution in [3.63, 3.8) is 0 Å². The number of hydrogen-bond donors (Lipinski definition) is 0. The summed E-state index contributed by atoms with van der Waals surface area (Å²) in [6, 6.07) is 3.86. The van der Waals surface area contributed by atoms with Crippen molar-refractivity contribution in [3.8, 4) is 0 Å². The maximum absolute atomic E-state index is 12.4. The van der Waals surface area contributed by atoms with E-state index in [0.29, 0.717) is 25.9 Å². The van der Waals surface area contributed by atoms with Gasteiger partial charge in [0.05, 0.1) is 13.1 Å². The van der Waals surface area contributed by atoms with Gasteiger partial charge in [0.25, 0.3) is 0 Å². The Balaban J connectivity index is 1.58. The molecule has 0 radical (unpaired) electrons. The molecule has 0 saturated carbocycles. The van der Waals surface area contributed by atoms with Gasteiger partial charge in [-0.1, -0.05) is 6.07 Å². The van der Waals surface area contributed by atoms with Crippen molar-refractivity contribution < 1.29 is 14.3 Å². The summed E-state index contributed by atoms with van der Waals surface area (Å²) < 4.78 is 5.53. The van der Waals surface area contributed by atoms with Gasteiger partial charge in [0.2, 0.25) is 5.91 Å². The Kier molecular flexibility index (Phi) is 4.00. The maximum Gasteiger partial charge on any atom is 0.410 e. The van der Waals surface area contributed by atoms with Crippen LogP contribution in [0.2, 0.25) is 0 Å². The van der Waals surface area contributed by atoms with Crippen LogP contribution >= 0.6 is 0 Å². The van der Waals surface area contributed by atoms with Crippen LogP contribution in [0, 0.1) is 0 Å². The number of aromatic nitrogens is 1. The number of piperidine rings is 1. The summed E-state index contributed by atoms with van der Waals surface area (Å²) in [5.74, 6) is 0.119. The van der Waals surface area contributed by atoms with E-state index < -0.39 is 5.60 Å². The molecular weight excluding hydrogens is 282 g/mol. The first-order chi connectivity index (χ1) is 10.6. The van der Waals surface area contributed by atoms with Crippen molar-refractivity contribution >= 4 is 12.0 Å². The van der Waals surface area contributed by atoms with Crippen LogP contribution in [-0.4, -0.2) is 59.1 Å². The zero-order valence-electron chi connectivity index (χ0n) is 12.8. The van der Waals surface area contributed by atoms with Gasteiger partial charge in [-0.05, 0) is 30.9 Å². The number of aryl methyl sites for hydroxylation is 1. The first kappa shape index (κ1) is 14.8. The van der Waals surface area contributed by atoms with Gasteiger partial charge in [-0.25, -0.2) is 4.79 Å². The standard InChI is InChI=1S/C16H21N3O3/c1-18-11-16(22-15(18)21)7-3-9-19(12-16)14(20)6-5-13-4-2-8-17-10-13/h2,4,8,10H,3,5-7,9,11-12H2,1H3. The van der Waals surface area contributed by atoms with E-state index in [1.165, 1.54) is 0 Å². The molecule has 3 rings (SSSR count). The highest BCUT2D eigenvalue weighted by molar-refractivity contribution is 5.77. The van der Waals surface area contributed by atoms with Gasteiger partial charge in [-0.15, -0.1) is 0 Å². The van der Waals surface area contributed by atoms with Gasteiger partial charge < -0.3 is 14.5 Å². The second kappa shape index (κ2) is 5.94. The van der Waals surface area contributed by atoms with Crippen LogP contribution in [0.1, 0.15) is 24.8 Å². The van der Waals surface area contributed by atoms with Crippen LogP contribution < -0.4 is 0 Å². The van der Waals surface area contributed by atoms with Gasteiger partial charge in [-0.3, -0.25) is 9.78 Å². The van der Waals surface area contributed by atoms with E-state index in [0.717, 1.165) is 24.9 Å². The van der Waals surface area contributed by atoms with Crippen LogP contribution in [0.3, 0.4) is 0 Å². The third kappa shape index (κ3) is 3.05. The van der Waals surface area contributed by atoms with Crippen molar-refractivity contribution in [2.45, 2.75) is 31.3 Å². The molecule has 2 aliphatic rings. The Morgan fingerprint density at radius 1 is 1.45 bits per heavy atom. The molecule has 0 bridgehead atoms. The predicted octanol–water partition coefficient (Wildman–Crippen LogP) is 1.46. The SMILES string of the molecule is CN1CC2(CCCN(C(=O)CCc3cccnc3)C2)OC1=O. The number of pyridine rings is 1. The number of likely N-dealkylation sites (N-methyl/N-ethyl adjacent to an activating group) is 1. The second-order valence-corrected chi connectivity index (χ2v) is 6.19. The molecule has 1 spiro atoms. The summed E-state index contributed by atoms with van der Waals surface area (Å²) >= 11 is 0. The van der Waals surface area contributed by atoms with Crippen LogP contribution in [0.15, 0.2) is 24.5 Å². The molecule has 1 atom stereocenters. The van der Waals surface area contributed by atoms with Crippen LogP contribution in [0.5, 0.6) is 0 Å². The number of nitrogens with zero attached hydrogens (tertiary/aromatic N) is 3. The second-order valence-electron chi connectivity index (χ2n) is 6.19. The monoisotopic (exact) mass is 303 g/mol. The number of rotatable bonds is 3. The lowest BCUT2D eigenvalue weighted by Crippen LogP contribution is -2.52. The lowest BCUT2D eigenvalue weighted by molar-refractivity contribution is -0.136. The molecule has 6 nitrogen and oxygen atoms in total. The van der Waals surface area contributed by atoms with Crippen molar-refractivity contribution in [2.75, 3.05) is 26.7 Å². The first-order valence-electron chi connectivity index (χ1n) is 7.69. The summed E-state index contributed by atoms with van der Waals surface area (Å²) in [5.41, 5.74) is 0.559. The quantitative estimate of drug-likeness (QED) is 0.848. The highest BCUT2D eigenvalue weighted by Crippen LogP contribution is 2.31. The third-order valence-electron chi connectivity index (χ3n) is 4.38. The van der Waals surface area contributed by atoms with E-state index in [2.05, 4.69) is 4.98 Å². The molecule has 22 heavy (non-hydrogen) atoms. The van der Waals surface area contributed by atoms with Gasteiger partial charge in [0.1, 0.15) is 5.60 Å². The summed E-state index contributed by atoms with van der Waals surface area (Å²) in [5, 5.41) is 0. The molecule has 3 heterocycles. The van der Waals surface area contributed by atoms with Crippen molar-refractivity contribution in [1.29, 1.82) is 0 Å². The Morgan fingerprint density at radius 2 is 2.32 bits per heavy atom. The lowest BCUT2D eigenvalue weighted by Gasteiger charge is -2.38. The highest BCUT2D eigenvalue weighted by atomic mass is 16.6. The zero-order valence-corrected chi connectivity index (χ0v) is 12.8. The minimum Gasteiger partial charge on any atom is -0.439 e. The van der Waals surface area contributed by atoms with E-state index >= 15 is 0 Å². The Hall–Kier alpha value is -2.11. The largest absolute Gasteiger partial charge is 0.439 e. The number of likely N-dealkylation sites (tertiary alicyclic amines) is 1. The van der Waals surface area contributed by atoms with Crippen LogP contribution in [0.25, 0.3) is 0 Å². The molecule has 118 valence electrons. The molecule has 1 aromatic rings. The average molecular weight is 303 g/mol. The Bertz CT molecular complexity index is 563. The summed E-state index contributed by atoms with van der Waals surface area (Å²) in [6.45, 7) is 1.82. The summed E-state index contributed by atoms with van der Waals surface area (Å²) in [6.07, 6.45) is 6.09. The number of hydrogen-bond acceptors (Lipinski definition) is 4. The average Bonchev–Trinajstić information content (AvgIpc) is 2.79. The maximum atomic E-state index is 12.4. The predicted molar refractivity (Wildman–Crippen MR) is 80.2 cm³/mol. The molecule has 2 aliphatic heterocycles. The molecule has 1 aromatic heterocycles. The lowest BCUT2D eigenvalue weighted by atomic mass is 9.92. The van der Waals surface area contributed by atoms with E-state index in [1.807, 2.05) is 17.0 Å². The minimum absolute atomic E-state index is 0.119. The fourth-order valence-electron chi connectivity index (χ4n) is 3.27. The number of carbonyl (C=O) groups excluding carboxylic acids is 2. The van der Waals surface area contributed by atoms with E-state index in [1.54, 1.807) is 24.3 Å². The molecule has 6 heteroatoms. The Labute approximate surface area is 130 Å². The van der Waals surface area contributed by atoms with E-state index in [9.17, 15) is 9.59 Å². The van der Waals surface area contributed by atoms with Crippen molar-refractivity contribution in [2.24, 2.45) is 0 Å². The molecule has 0 aromatic carbocycles. The molecule has 0 N–H and O–H groups in total. The van der Waals surface area contributed by atoms with Crippen LogP contribution in [0.4, 0.5) is 4.79 Å². The van der Waals surface area contributed by atoms with E-state index in [4.69, 9.17) is 4.74 Å². The fourth-order valence-corrected chi connectivity index (χ4v) is 3.27. The topological polar surface area (TPSA) is 62.7 Å². The van der Waals surface area contributed by atoms with Crippen LogP contribution in [-0.2, 0) is 16.0 Å². The summed E-state index contributed by atoms with van der Waals surface area (Å²) in [4.78, 5) is 31.5. The molecule has 2 saturated heterocycles. The molecule has 2 amide bonds.